The van der Waals surface area contributed by atoms with Gasteiger partial charge in [0.15, 0.2) is 5.69 Å². The summed E-state index contributed by atoms with van der Waals surface area (Å²) in [6.45, 7) is 2.55. The van der Waals surface area contributed by atoms with E-state index in [1.54, 1.807) is 30.0 Å². The maximum absolute atomic E-state index is 14.2. The Kier molecular flexibility index (Phi) is 5.08. The van der Waals surface area contributed by atoms with E-state index in [0.717, 1.165) is 5.56 Å². The normalized spacial score (nSPS) is 13.9. The number of hydrogen-bond acceptors (Lipinski definition) is 3. The van der Waals surface area contributed by atoms with Crippen LogP contribution in [-0.2, 0) is 0 Å². The molecule has 0 atom stereocenters. The van der Waals surface area contributed by atoms with Crippen molar-refractivity contribution in [1.82, 2.24) is 14.7 Å². The molecule has 5 nitrogen and oxygen atoms in total. The molecule has 0 fully saturated rings. The van der Waals surface area contributed by atoms with Gasteiger partial charge >= 0.3 is 0 Å². The van der Waals surface area contributed by atoms with Gasteiger partial charge in [-0.2, -0.15) is 5.10 Å². The van der Waals surface area contributed by atoms with E-state index in [2.05, 4.69) is 5.10 Å². The van der Waals surface area contributed by atoms with Gasteiger partial charge in [-0.1, -0.05) is 48.5 Å². The molecule has 3 aromatic rings. The molecular formula is C23H20FN3O2. The Morgan fingerprint density at radius 3 is 2.48 bits per heavy atom. The van der Waals surface area contributed by atoms with Crippen molar-refractivity contribution in [2.75, 3.05) is 13.1 Å². The molecule has 2 heterocycles. The number of rotatable bonds is 3. The predicted molar refractivity (Wildman–Crippen MR) is 109 cm³/mol. The largest absolute Gasteiger partial charge is 0.333 e. The van der Waals surface area contributed by atoms with Crippen molar-refractivity contribution in [2.24, 2.45) is 0 Å². The molecule has 1 aliphatic rings. The van der Waals surface area contributed by atoms with Crippen LogP contribution in [0.1, 0.15) is 28.2 Å². The van der Waals surface area contributed by atoms with Gasteiger partial charge in [-0.3, -0.25) is 9.59 Å². The van der Waals surface area contributed by atoms with Crippen LogP contribution in [0.25, 0.3) is 11.3 Å². The van der Waals surface area contributed by atoms with E-state index in [-0.39, 0.29) is 11.4 Å². The second-order valence-electron chi connectivity index (χ2n) is 6.96. The number of amides is 1. The van der Waals surface area contributed by atoms with Crippen molar-refractivity contribution >= 4 is 11.5 Å². The van der Waals surface area contributed by atoms with Gasteiger partial charge in [0.05, 0.1) is 0 Å². The summed E-state index contributed by atoms with van der Waals surface area (Å²) in [5.41, 5.74) is 2.31. The number of aryl methyl sites for hydroxylation is 1. The van der Waals surface area contributed by atoms with Crippen LogP contribution in [0.4, 0.5) is 4.39 Å². The van der Waals surface area contributed by atoms with Crippen LogP contribution in [0.5, 0.6) is 0 Å². The van der Waals surface area contributed by atoms with Crippen molar-refractivity contribution in [3.63, 3.8) is 0 Å². The number of carbonyl (C=O) groups excluding carboxylic acids is 1. The van der Waals surface area contributed by atoms with Gasteiger partial charge in [0.25, 0.3) is 5.91 Å². The third kappa shape index (κ3) is 3.74. The summed E-state index contributed by atoms with van der Waals surface area (Å²) in [7, 11) is 0. The Balaban J connectivity index is 1.63. The molecule has 1 aliphatic heterocycles. The molecule has 0 saturated heterocycles. The lowest BCUT2D eigenvalue weighted by atomic mass is 9.99. The lowest BCUT2D eigenvalue weighted by Crippen LogP contribution is -2.38. The fraction of sp³-hybridized carbons (Fsp3) is 0.174. The molecule has 1 aromatic heterocycles. The minimum absolute atomic E-state index is 0.198. The Labute approximate surface area is 167 Å². The van der Waals surface area contributed by atoms with E-state index in [1.807, 2.05) is 36.4 Å². The molecule has 0 bridgehead atoms. The Hall–Kier alpha value is -3.54. The second kappa shape index (κ2) is 7.83. The smallest absolute Gasteiger partial charge is 0.278 e. The molecule has 0 unspecified atom stereocenters. The highest BCUT2D eigenvalue weighted by molar-refractivity contribution is 5.92. The molecule has 0 radical (unpaired) electrons. The van der Waals surface area contributed by atoms with Crippen LogP contribution in [0.15, 0.2) is 71.5 Å². The zero-order valence-electron chi connectivity index (χ0n) is 16.0. The summed E-state index contributed by atoms with van der Waals surface area (Å²) >= 11 is 0. The molecule has 0 N–H and O–H groups in total. The van der Waals surface area contributed by atoms with Crippen LogP contribution in [0.3, 0.4) is 0 Å². The minimum Gasteiger partial charge on any atom is -0.333 e. The average molecular weight is 389 g/mol. The number of aromatic nitrogens is 2. The van der Waals surface area contributed by atoms with Crippen LogP contribution in [0.2, 0.25) is 0 Å². The average Bonchev–Trinajstić information content (AvgIpc) is 2.75. The van der Waals surface area contributed by atoms with Crippen molar-refractivity contribution in [2.45, 2.75) is 13.3 Å². The quantitative estimate of drug-likeness (QED) is 0.688. The molecule has 146 valence electrons. The van der Waals surface area contributed by atoms with Crippen molar-refractivity contribution in [3.05, 3.63) is 99.7 Å². The lowest BCUT2D eigenvalue weighted by Gasteiger charge is -2.26. The summed E-state index contributed by atoms with van der Waals surface area (Å²) in [6, 6.07) is 17.5. The number of carbonyl (C=O) groups is 1. The highest BCUT2D eigenvalue weighted by Crippen LogP contribution is 2.22. The van der Waals surface area contributed by atoms with E-state index in [0.29, 0.717) is 25.2 Å². The SMILES string of the molecule is Cc1cc(=O)c(C(=O)N2CC=C(c3ccccc3)CC2)nn1-c1ccccc1F. The van der Waals surface area contributed by atoms with Crippen molar-refractivity contribution in [3.8, 4) is 5.69 Å². The third-order valence-electron chi connectivity index (χ3n) is 5.03. The van der Waals surface area contributed by atoms with Crippen molar-refractivity contribution < 1.29 is 9.18 Å². The summed E-state index contributed by atoms with van der Waals surface area (Å²) in [5, 5.41) is 4.21. The van der Waals surface area contributed by atoms with Gasteiger partial charge in [-0.15, -0.1) is 0 Å². The van der Waals surface area contributed by atoms with Crippen LogP contribution >= 0.6 is 0 Å². The summed E-state index contributed by atoms with van der Waals surface area (Å²) in [4.78, 5) is 27.0. The molecule has 2 aromatic carbocycles. The van der Waals surface area contributed by atoms with E-state index < -0.39 is 17.2 Å². The maximum atomic E-state index is 14.2. The van der Waals surface area contributed by atoms with Crippen LogP contribution < -0.4 is 5.43 Å². The molecular weight excluding hydrogens is 369 g/mol. The molecule has 0 saturated carbocycles. The Bertz CT molecular complexity index is 1150. The zero-order valence-corrected chi connectivity index (χ0v) is 16.0. The standard InChI is InChI=1S/C23H20FN3O2/c1-16-15-21(28)22(25-27(16)20-10-6-5-9-19(20)24)23(29)26-13-11-18(12-14-26)17-7-3-2-4-8-17/h2-11,15H,12-14H2,1H3. The van der Waals surface area contributed by atoms with E-state index in [9.17, 15) is 14.0 Å². The van der Waals surface area contributed by atoms with Crippen LogP contribution in [0, 0.1) is 12.7 Å². The third-order valence-corrected chi connectivity index (χ3v) is 5.03. The Morgan fingerprint density at radius 1 is 1.07 bits per heavy atom. The van der Waals surface area contributed by atoms with Gasteiger partial charge in [-0.25, -0.2) is 9.07 Å². The molecule has 0 spiro atoms. The fourth-order valence-electron chi connectivity index (χ4n) is 3.48. The maximum Gasteiger partial charge on any atom is 0.278 e. The zero-order chi connectivity index (χ0) is 20.4. The predicted octanol–water partition coefficient (Wildman–Crippen LogP) is 3.61. The van der Waals surface area contributed by atoms with Crippen molar-refractivity contribution in [1.29, 1.82) is 0 Å². The van der Waals surface area contributed by atoms with Gasteiger partial charge in [0, 0.05) is 24.8 Å². The molecule has 6 heteroatoms. The Morgan fingerprint density at radius 2 is 1.79 bits per heavy atom. The fourth-order valence-corrected chi connectivity index (χ4v) is 3.48. The topological polar surface area (TPSA) is 55.2 Å². The molecule has 29 heavy (non-hydrogen) atoms. The molecule has 0 aliphatic carbocycles. The number of hydrogen-bond donors (Lipinski definition) is 0. The summed E-state index contributed by atoms with van der Waals surface area (Å²) in [6.07, 6.45) is 2.70. The monoisotopic (exact) mass is 389 g/mol. The summed E-state index contributed by atoms with van der Waals surface area (Å²) in [5.74, 6) is -0.915. The van der Waals surface area contributed by atoms with Gasteiger partial charge in [0.2, 0.25) is 5.43 Å². The number of halogens is 1. The number of benzene rings is 2. The lowest BCUT2D eigenvalue weighted by molar-refractivity contribution is 0.0763. The van der Waals surface area contributed by atoms with Crippen LogP contribution in [-0.4, -0.2) is 33.7 Å². The highest BCUT2D eigenvalue weighted by atomic mass is 19.1. The van der Waals surface area contributed by atoms with E-state index in [4.69, 9.17) is 0 Å². The van der Waals surface area contributed by atoms with E-state index >= 15 is 0 Å². The first kappa shape index (κ1) is 18.8. The highest BCUT2D eigenvalue weighted by Gasteiger charge is 2.24. The second-order valence-corrected chi connectivity index (χ2v) is 6.96. The molecule has 4 rings (SSSR count). The number of nitrogens with zero attached hydrogens (tertiary/aromatic N) is 3. The van der Waals surface area contributed by atoms with Gasteiger partial charge in [-0.05, 0) is 36.6 Å². The van der Waals surface area contributed by atoms with E-state index in [1.165, 1.54) is 22.4 Å². The molecule has 1 amide bonds. The first-order chi connectivity index (χ1) is 14.0. The van der Waals surface area contributed by atoms with Gasteiger partial charge < -0.3 is 4.90 Å². The first-order valence-electron chi connectivity index (χ1n) is 9.44. The minimum atomic E-state index is -0.474. The van der Waals surface area contributed by atoms with Gasteiger partial charge in [0.1, 0.15) is 11.5 Å². The number of para-hydroxylation sites is 1. The first-order valence-corrected chi connectivity index (χ1v) is 9.44. The summed E-state index contributed by atoms with van der Waals surface area (Å²) < 4.78 is 15.5.